The summed E-state index contributed by atoms with van der Waals surface area (Å²) in [7, 11) is 0. The van der Waals surface area contributed by atoms with Crippen LogP contribution in [-0.4, -0.2) is 33.4 Å². The number of hydrogen-bond donors (Lipinski definition) is 2. The first-order chi connectivity index (χ1) is 11.2. The first-order valence-corrected chi connectivity index (χ1v) is 7.07. The van der Waals surface area contributed by atoms with E-state index in [2.05, 4.69) is 20.7 Å². The van der Waals surface area contributed by atoms with E-state index in [1.54, 1.807) is 22.9 Å². The van der Waals surface area contributed by atoms with Crippen LogP contribution in [0.4, 0.5) is 11.6 Å². The van der Waals surface area contributed by atoms with Crippen LogP contribution in [-0.2, 0) is 16.1 Å². The average Bonchev–Trinajstić information content (AvgIpc) is 3.15. The van der Waals surface area contributed by atoms with E-state index in [4.69, 9.17) is 9.47 Å². The molecule has 2 amide bonds. The largest absolute Gasteiger partial charge is 0.454 e. The zero-order valence-corrected chi connectivity index (χ0v) is 12.0. The third-order valence-electron chi connectivity index (χ3n) is 3.70. The Morgan fingerprint density at radius 1 is 1.39 bits per heavy atom. The van der Waals surface area contributed by atoms with Crippen molar-refractivity contribution >= 4 is 23.5 Å². The number of fused-ring (bicyclic) bond motifs is 2. The van der Waals surface area contributed by atoms with E-state index in [0.29, 0.717) is 29.7 Å². The molecule has 2 N–H and O–H groups in total. The third kappa shape index (κ3) is 2.56. The van der Waals surface area contributed by atoms with Crippen LogP contribution in [0.1, 0.15) is 6.42 Å². The molecule has 0 radical (unpaired) electrons. The number of benzene rings is 1. The molecule has 0 saturated heterocycles. The molecule has 0 bridgehead atoms. The van der Waals surface area contributed by atoms with Crippen molar-refractivity contribution in [2.45, 2.75) is 13.0 Å². The van der Waals surface area contributed by atoms with Gasteiger partial charge < -0.3 is 14.8 Å². The minimum absolute atomic E-state index is 0.0551. The fourth-order valence-electron chi connectivity index (χ4n) is 2.57. The van der Waals surface area contributed by atoms with Crippen molar-refractivity contribution < 1.29 is 19.1 Å². The molecule has 1 aromatic heterocycles. The van der Waals surface area contributed by atoms with Gasteiger partial charge in [-0.2, -0.15) is 10.1 Å². The molecule has 2 aliphatic rings. The maximum atomic E-state index is 12.2. The number of carbonyl (C=O) groups excluding carboxylic acids is 2. The van der Waals surface area contributed by atoms with Crippen LogP contribution in [0.5, 0.6) is 11.5 Å². The Hall–Kier alpha value is -3.10. The summed E-state index contributed by atoms with van der Waals surface area (Å²) < 4.78 is 12.0. The molecule has 1 atom stereocenters. The first-order valence-electron chi connectivity index (χ1n) is 7.07. The summed E-state index contributed by atoms with van der Waals surface area (Å²) in [6, 6.07) is 5.14. The predicted molar refractivity (Wildman–Crippen MR) is 78.0 cm³/mol. The van der Waals surface area contributed by atoms with Gasteiger partial charge in [0.2, 0.25) is 24.6 Å². The smallest absolute Gasteiger partial charge is 0.232 e. The normalized spacial score (nSPS) is 18.3. The zero-order valence-electron chi connectivity index (χ0n) is 12.0. The maximum Gasteiger partial charge on any atom is 0.232 e. The highest BCUT2D eigenvalue weighted by Gasteiger charge is 2.29. The number of nitrogens with zero attached hydrogens (tertiary/aromatic N) is 3. The fourth-order valence-corrected chi connectivity index (χ4v) is 2.57. The number of aromatic nitrogens is 3. The van der Waals surface area contributed by atoms with Crippen molar-refractivity contribution in [3.05, 3.63) is 24.5 Å². The van der Waals surface area contributed by atoms with Gasteiger partial charge in [0.05, 0.1) is 12.5 Å². The van der Waals surface area contributed by atoms with Crippen LogP contribution in [0, 0.1) is 5.92 Å². The van der Waals surface area contributed by atoms with Gasteiger partial charge in [-0.1, -0.05) is 0 Å². The van der Waals surface area contributed by atoms with Crippen LogP contribution in [0.25, 0.3) is 0 Å². The summed E-state index contributed by atoms with van der Waals surface area (Å²) >= 11 is 0. The highest BCUT2D eigenvalue weighted by molar-refractivity contribution is 5.98. The van der Waals surface area contributed by atoms with Gasteiger partial charge in [-0.05, 0) is 12.1 Å². The Labute approximate surface area is 130 Å². The summed E-state index contributed by atoms with van der Waals surface area (Å²) in [5.41, 5.74) is 0.594. The lowest BCUT2D eigenvalue weighted by atomic mass is 10.0. The number of rotatable bonds is 3. The lowest BCUT2D eigenvalue weighted by molar-refractivity contribution is -0.125. The lowest BCUT2D eigenvalue weighted by Crippen LogP contribution is -2.36. The van der Waals surface area contributed by atoms with E-state index in [1.807, 2.05) is 0 Å². The molecule has 1 unspecified atom stereocenters. The van der Waals surface area contributed by atoms with Crippen molar-refractivity contribution in [1.82, 2.24) is 14.8 Å². The number of amides is 2. The monoisotopic (exact) mass is 315 g/mol. The van der Waals surface area contributed by atoms with E-state index < -0.39 is 5.92 Å². The fraction of sp³-hybridized carbons (Fsp3) is 0.286. The molecule has 0 saturated carbocycles. The zero-order chi connectivity index (χ0) is 15.8. The van der Waals surface area contributed by atoms with Crippen LogP contribution in [0.3, 0.4) is 0 Å². The molecule has 4 rings (SSSR count). The Balaban J connectivity index is 1.41. The Morgan fingerprint density at radius 2 is 2.26 bits per heavy atom. The van der Waals surface area contributed by atoms with Gasteiger partial charge in [0.1, 0.15) is 6.33 Å². The van der Waals surface area contributed by atoms with Crippen LogP contribution in [0.15, 0.2) is 24.5 Å². The van der Waals surface area contributed by atoms with E-state index in [0.717, 1.165) is 0 Å². The molecule has 0 spiro atoms. The Kier molecular flexibility index (Phi) is 3.11. The van der Waals surface area contributed by atoms with Gasteiger partial charge in [0.15, 0.2) is 11.5 Å². The number of anilines is 2. The second-order valence-electron chi connectivity index (χ2n) is 5.27. The highest BCUT2D eigenvalue weighted by Crippen LogP contribution is 2.34. The summed E-state index contributed by atoms with van der Waals surface area (Å²) in [5, 5.41) is 9.39. The van der Waals surface area contributed by atoms with E-state index in [1.165, 1.54) is 6.33 Å². The van der Waals surface area contributed by atoms with E-state index in [9.17, 15) is 9.59 Å². The van der Waals surface area contributed by atoms with Crippen LogP contribution >= 0.6 is 0 Å². The first kappa shape index (κ1) is 13.6. The van der Waals surface area contributed by atoms with Crippen molar-refractivity contribution in [3.63, 3.8) is 0 Å². The summed E-state index contributed by atoms with van der Waals surface area (Å²) in [4.78, 5) is 28.1. The molecular weight excluding hydrogens is 302 g/mol. The van der Waals surface area contributed by atoms with Gasteiger partial charge in [-0.15, -0.1) is 0 Å². The maximum absolute atomic E-state index is 12.2. The lowest BCUT2D eigenvalue weighted by Gasteiger charge is -2.21. The average molecular weight is 315 g/mol. The minimum Gasteiger partial charge on any atom is -0.454 e. The summed E-state index contributed by atoms with van der Waals surface area (Å²) in [5.74, 6) is 0.665. The van der Waals surface area contributed by atoms with Gasteiger partial charge in [0, 0.05) is 18.2 Å². The predicted octanol–water partition coefficient (Wildman–Crippen LogP) is 0.604. The van der Waals surface area contributed by atoms with Gasteiger partial charge in [0.25, 0.3) is 0 Å². The van der Waals surface area contributed by atoms with Gasteiger partial charge in [-0.3, -0.25) is 14.9 Å². The number of nitrogens with one attached hydrogen (secondary N) is 2. The topological polar surface area (TPSA) is 107 Å². The molecular formula is C14H13N5O4. The Bertz CT molecular complexity index is 787. The quantitative estimate of drug-likeness (QED) is 0.859. The van der Waals surface area contributed by atoms with Crippen molar-refractivity contribution in [2.24, 2.45) is 5.92 Å². The molecule has 0 fully saturated rings. The molecule has 9 heteroatoms. The summed E-state index contributed by atoms with van der Waals surface area (Å²) in [6.45, 7) is 0.505. The minimum atomic E-state index is -0.488. The molecule has 23 heavy (non-hydrogen) atoms. The second-order valence-corrected chi connectivity index (χ2v) is 5.27. The number of carbonyl (C=O) groups is 2. The van der Waals surface area contributed by atoms with E-state index >= 15 is 0 Å². The number of ether oxygens (including phenoxy) is 2. The van der Waals surface area contributed by atoms with Crippen LogP contribution in [0.2, 0.25) is 0 Å². The van der Waals surface area contributed by atoms with Crippen LogP contribution < -0.4 is 20.1 Å². The molecule has 3 heterocycles. The van der Waals surface area contributed by atoms with Crippen molar-refractivity contribution in [1.29, 1.82) is 0 Å². The van der Waals surface area contributed by atoms with Crippen molar-refractivity contribution in [2.75, 3.05) is 17.4 Å². The Morgan fingerprint density at radius 3 is 3.17 bits per heavy atom. The van der Waals surface area contributed by atoms with Gasteiger partial charge in [-0.25, -0.2) is 4.68 Å². The number of hydrogen-bond acceptors (Lipinski definition) is 6. The standard InChI is InChI=1S/C14H13N5O4/c20-12(17-9-1-2-10-11(4-9)23-7-22-10)3-8-5-19-14(15-6-16-19)18-13(8)21/h1-2,4,6,8H,3,5,7H2,(H,17,20)(H,15,16,18,21). The molecule has 2 aliphatic heterocycles. The SMILES string of the molecule is O=C(CC1Cn2ncnc2NC1=O)Nc1ccc2c(c1)OCO2. The van der Waals surface area contributed by atoms with Crippen molar-refractivity contribution in [3.8, 4) is 11.5 Å². The molecule has 0 aliphatic carbocycles. The van der Waals surface area contributed by atoms with E-state index in [-0.39, 0.29) is 25.0 Å². The molecule has 1 aromatic carbocycles. The molecule has 2 aromatic rings. The second kappa shape index (κ2) is 5.27. The summed E-state index contributed by atoms with van der Waals surface area (Å²) in [6.07, 6.45) is 1.42. The highest BCUT2D eigenvalue weighted by atomic mass is 16.7. The van der Waals surface area contributed by atoms with Gasteiger partial charge >= 0.3 is 0 Å². The third-order valence-corrected chi connectivity index (χ3v) is 3.70. The molecule has 118 valence electrons. The molecule has 9 nitrogen and oxygen atoms in total.